The smallest absolute Gasteiger partial charge is 0.141 e. The Morgan fingerprint density at radius 3 is 3.00 bits per heavy atom. The quantitative estimate of drug-likeness (QED) is 0.890. The lowest BCUT2D eigenvalue weighted by atomic mass is 10.00. The first-order valence-electron chi connectivity index (χ1n) is 5.72. The molecule has 2 unspecified atom stereocenters. The van der Waals surface area contributed by atoms with Crippen LogP contribution in [0, 0.1) is 17.2 Å². The normalized spacial score (nSPS) is 20.6. The number of nitrogens with zero attached hydrogens (tertiary/aromatic N) is 1. The number of nitriles is 1. The average molecular weight is 248 g/mol. The molecule has 90 valence electrons. The molecular weight excluding hydrogens is 232 g/mol. The molecule has 0 amide bonds. The van der Waals surface area contributed by atoms with Crippen LogP contribution in [-0.2, 0) is 0 Å². The maximum atomic E-state index is 9.25. The minimum absolute atomic E-state index is 0.124. The van der Waals surface area contributed by atoms with Crippen molar-refractivity contribution in [2.45, 2.75) is 12.5 Å². The van der Waals surface area contributed by atoms with Gasteiger partial charge in [0.15, 0.2) is 0 Å². The summed E-state index contributed by atoms with van der Waals surface area (Å²) in [6.07, 6.45) is 1.12. The second-order valence-electron chi connectivity index (χ2n) is 4.08. The van der Waals surface area contributed by atoms with Crippen molar-refractivity contribution >= 4 is 17.4 Å². The predicted octanol–water partition coefficient (Wildman–Crippen LogP) is 2.75. The van der Waals surface area contributed by atoms with Gasteiger partial charge in [-0.25, -0.2) is 0 Å². The van der Waals surface area contributed by atoms with E-state index in [1.54, 1.807) is 7.11 Å². The Kier molecular flexibility index (Phi) is 4.16. The van der Waals surface area contributed by atoms with Gasteiger partial charge in [-0.2, -0.15) is 17.0 Å². The zero-order valence-corrected chi connectivity index (χ0v) is 10.7. The summed E-state index contributed by atoms with van der Waals surface area (Å²) in [6, 6.07) is 9.97. The summed E-state index contributed by atoms with van der Waals surface area (Å²) in [7, 11) is 1.65. The molecule has 1 N–H and O–H groups in total. The molecule has 1 saturated heterocycles. The third-order valence-corrected chi connectivity index (χ3v) is 4.18. The van der Waals surface area contributed by atoms with Gasteiger partial charge < -0.3 is 10.1 Å². The number of anilines is 1. The van der Waals surface area contributed by atoms with Crippen molar-refractivity contribution in [3.63, 3.8) is 0 Å². The molecule has 2 rings (SSSR count). The molecule has 1 fully saturated rings. The lowest BCUT2D eigenvalue weighted by Crippen LogP contribution is -2.27. The summed E-state index contributed by atoms with van der Waals surface area (Å²) in [5.41, 5.74) is 0.901. The van der Waals surface area contributed by atoms with E-state index in [9.17, 15) is 5.26 Å². The highest BCUT2D eigenvalue weighted by Gasteiger charge is 2.25. The van der Waals surface area contributed by atoms with Crippen molar-refractivity contribution in [3.05, 3.63) is 24.3 Å². The lowest BCUT2D eigenvalue weighted by molar-refractivity contribution is 0.415. The predicted molar refractivity (Wildman–Crippen MR) is 71.4 cm³/mol. The van der Waals surface area contributed by atoms with Gasteiger partial charge in [-0.05, 0) is 30.1 Å². The number of hydrogen-bond donors (Lipinski definition) is 1. The van der Waals surface area contributed by atoms with Crippen molar-refractivity contribution in [2.24, 2.45) is 5.92 Å². The molecule has 0 aliphatic carbocycles. The van der Waals surface area contributed by atoms with Crippen LogP contribution in [-0.4, -0.2) is 24.7 Å². The van der Waals surface area contributed by atoms with E-state index in [0.717, 1.165) is 29.4 Å². The van der Waals surface area contributed by atoms with E-state index in [2.05, 4.69) is 11.4 Å². The van der Waals surface area contributed by atoms with E-state index in [1.165, 1.54) is 0 Å². The summed E-state index contributed by atoms with van der Waals surface area (Å²) in [6.45, 7) is 0. The maximum absolute atomic E-state index is 9.25. The van der Waals surface area contributed by atoms with E-state index in [-0.39, 0.29) is 6.04 Å². The molecule has 0 spiro atoms. The molecule has 0 saturated carbocycles. The largest absolute Gasteiger partial charge is 0.495 e. The van der Waals surface area contributed by atoms with Crippen LogP contribution in [0.4, 0.5) is 5.69 Å². The summed E-state index contributed by atoms with van der Waals surface area (Å²) in [4.78, 5) is 0. The number of hydrogen-bond acceptors (Lipinski definition) is 4. The van der Waals surface area contributed by atoms with Crippen molar-refractivity contribution in [1.82, 2.24) is 0 Å². The Bertz CT molecular complexity index is 410. The summed E-state index contributed by atoms with van der Waals surface area (Å²) in [5.74, 6) is 3.46. The number of benzene rings is 1. The van der Waals surface area contributed by atoms with Gasteiger partial charge in [0.1, 0.15) is 11.8 Å². The number of ether oxygens (including phenoxy) is 1. The average Bonchev–Trinajstić information content (AvgIpc) is 2.90. The first-order valence-corrected chi connectivity index (χ1v) is 6.87. The fourth-order valence-corrected chi connectivity index (χ4v) is 3.30. The third kappa shape index (κ3) is 2.86. The van der Waals surface area contributed by atoms with Crippen molar-refractivity contribution in [3.8, 4) is 11.8 Å². The molecule has 0 bridgehead atoms. The highest BCUT2D eigenvalue weighted by Crippen LogP contribution is 2.30. The van der Waals surface area contributed by atoms with Crippen LogP contribution in [0.3, 0.4) is 0 Å². The SMILES string of the molecule is COc1ccccc1NC(C#N)C1CCSC1. The Labute approximate surface area is 106 Å². The summed E-state index contributed by atoms with van der Waals surface area (Å²) >= 11 is 1.92. The third-order valence-electron chi connectivity index (χ3n) is 2.99. The van der Waals surface area contributed by atoms with Gasteiger partial charge in [0.05, 0.1) is 18.9 Å². The van der Waals surface area contributed by atoms with Gasteiger partial charge in [0.25, 0.3) is 0 Å². The van der Waals surface area contributed by atoms with Crippen LogP contribution in [0.2, 0.25) is 0 Å². The van der Waals surface area contributed by atoms with Crippen molar-refractivity contribution in [1.29, 1.82) is 5.26 Å². The van der Waals surface area contributed by atoms with Crippen LogP contribution in [0.25, 0.3) is 0 Å². The molecule has 0 radical (unpaired) electrons. The van der Waals surface area contributed by atoms with Crippen LogP contribution in [0.15, 0.2) is 24.3 Å². The molecule has 1 aromatic rings. The zero-order chi connectivity index (χ0) is 12.1. The molecule has 1 aliphatic rings. The first kappa shape index (κ1) is 12.1. The highest BCUT2D eigenvalue weighted by molar-refractivity contribution is 7.99. The van der Waals surface area contributed by atoms with Gasteiger partial charge in [0, 0.05) is 5.92 Å². The highest BCUT2D eigenvalue weighted by atomic mass is 32.2. The number of methoxy groups -OCH3 is 1. The molecule has 4 heteroatoms. The van der Waals surface area contributed by atoms with Gasteiger partial charge >= 0.3 is 0 Å². The Morgan fingerprint density at radius 2 is 2.35 bits per heavy atom. The minimum Gasteiger partial charge on any atom is -0.495 e. The van der Waals surface area contributed by atoms with Crippen LogP contribution < -0.4 is 10.1 Å². The summed E-state index contributed by atoms with van der Waals surface area (Å²) < 4.78 is 5.28. The van der Waals surface area contributed by atoms with Gasteiger partial charge in [-0.15, -0.1) is 0 Å². The second kappa shape index (κ2) is 5.83. The van der Waals surface area contributed by atoms with Gasteiger partial charge in [-0.1, -0.05) is 12.1 Å². The van der Waals surface area contributed by atoms with E-state index in [4.69, 9.17) is 4.74 Å². The van der Waals surface area contributed by atoms with Crippen LogP contribution in [0.1, 0.15) is 6.42 Å². The Hall–Kier alpha value is -1.34. The van der Waals surface area contributed by atoms with Crippen molar-refractivity contribution < 1.29 is 4.74 Å². The molecule has 1 aromatic carbocycles. The number of thioether (sulfide) groups is 1. The van der Waals surface area contributed by atoms with E-state index in [1.807, 2.05) is 36.0 Å². The van der Waals surface area contributed by atoms with Gasteiger partial charge in [0.2, 0.25) is 0 Å². The first-order chi connectivity index (χ1) is 8.35. The molecule has 1 aliphatic heterocycles. The molecule has 3 nitrogen and oxygen atoms in total. The zero-order valence-electron chi connectivity index (χ0n) is 9.85. The fraction of sp³-hybridized carbons (Fsp3) is 0.462. The number of para-hydroxylation sites is 2. The van der Waals surface area contributed by atoms with Crippen LogP contribution in [0.5, 0.6) is 5.75 Å². The monoisotopic (exact) mass is 248 g/mol. The molecular formula is C13H16N2OS. The van der Waals surface area contributed by atoms with E-state index >= 15 is 0 Å². The van der Waals surface area contributed by atoms with E-state index < -0.39 is 0 Å². The lowest BCUT2D eigenvalue weighted by Gasteiger charge is -2.19. The number of rotatable bonds is 4. The second-order valence-corrected chi connectivity index (χ2v) is 5.22. The number of nitrogens with one attached hydrogen (secondary N) is 1. The Balaban J connectivity index is 2.10. The fourth-order valence-electron chi connectivity index (χ4n) is 2.00. The molecule has 0 aromatic heterocycles. The standard InChI is InChI=1S/C13H16N2OS/c1-16-13-5-3-2-4-11(13)15-12(8-14)10-6-7-17-9-10/h2-5,10,12,15H,6-7,9H2,1H3. The molecule has 1 heterocycles. The topological polar surface area (TPSA) is 45.0 Å². The maximum Gasteiger partial charge on any atom is 0.141 e. The minimum atomic E-state index is -0.124. The van der Waals surface area contributed by atoms with E-state index in [0.29, 0.717) is 5.92 Å². The Morgan fingerprint density at radius 1 is 1.53 bits per heavy atom. The van der Waals surface area contributed by atoms with Crippen molar-refractivity contribution in [2.75, 3.05) is 23.9 Å². The molecule has 2 atom stereocenters. The van der Waals surface area contributed by atoms with Gasteiger partial charge in [-0.3, -0.25) is 0 Å². The summed E-state index contributed by atoms with van der Waals surface area (Å²) in [5, 5.41) is 12.5. The molecule has 17 heavy (non-hydrogen) atoms. The van der Waals surface area contributed by atoms with Crippen LogP contribution >= 0.6 is 11.8 Å².